The Morgan fingerprint density at radius 1 is 1.05 bits per heavy atom. The lowest BCUT2D eigenvalue weighted by Gasteiger charge is -2.27. The van der Waals surface area contributed by atoms with Crippen molar-refractivity contribution in [1.29, 1.82) is 0 Å². The Kier molecular flexibility index (Phi) is 7.20. The van der Waals surface area contributed by atoms with Crippen LogP contribution in [0.4, 0.5) is 13.2 Å². The van der Waals surface area contributed by atoms with Crippen molar-refractivity contribution in [2.75, 3.05) is 0 Å². The second-order valence-corrected chi connectivity index (χ2v) is 10.0. The smallest absolute Gasteiger partial charge is 0.347 e. The van der Waals surface area contributed by atoms with E-state index < -0.39 is 11.7 Å². The molecule has 1 N–H and O–H groups in total. The molecule has 5 rings (SSSR count). The number of rotatable bonds is 7. The van der Waals surface area contributed by atoms with Crippen molar-refractivity contribution in [3.8, 4) is 0 Å². The van der Waals surface area contributed by atoms with Crippen LogP contribution in [0.1, 0.15) is 70.3 Å². The van der Waals surface area contributed by atoms with Crippen LogP contribution in [0, 0.1) is 0 Å². The van der Waals surface area contributed by atoms with Crippen LogP contribution in [-0.4, -0.2) is 20.2 Å². The fourth-order valence-corrected chi connectivity index (χ4v) is 5.38. The molecule has 1 unspecified atom stereocenters. The highest BCUT2D eigenvalue weighted by atomic mass is 35.5. The molecule has 0 fully saturated rings. The Hall–Kier alpha value is -3.36. The molecule has 0 bridgehead atoms. The highest BCUT2D eigenvalue weighted by molar-refractivity contribution is 6.30. The molecule has 38 heavy (non-hydrogen) atoms. The number of alkyl halides is 3. The molecule has 1 aliphatic rings. The SMILES string of the molecule is CCc1nc2cc(Cl)ccn2c1C(=O)NCc1ccc2c(c1)CN(C(CC)c1ccc(C(F)(F)F)cc1)C2. The van der Waals surface area contributed by atoms with E-state index in [2.05, 4.69) is 27.3 Å². The van der Waals surface area contributed by atoms with E-state index in [1.165, 1.54) is 11.1 Å². The van der Waals surface area contributed by atoms with Crippen LogP contribution in [0.3, 0.4) is 0 Å². The molecular weight excluding hydrogens is 513 g/mol. The Morgan fingerprint density at radius 2 is 1.79 bits per heavy atom. The summed E-state index contributed by atoms with van der Waals surface area (Å²) < 4.78 is 40.7. The predicted octanol–water partition coefficient (Wildman–Crippen LogP) is 6.97. The van der Waals surface area contributed by atoms with Crippen LogP contribution < -0.4 is 5.32 Å². The minimum Gasteiger partial charge on any atom is -0.347 e. The zero-order chi connectivity index (χ0) is 27.0. The number of pyridine rings is 1. The van der Waals surface area contributed by atoms with Gasteiger partial charge in [-0.05, 0) is 53.3 Å². The fraction of sp³-hybridized carbons (Fsp3) is 0.310. The third-order valence-corrected chi connectivity index (χ3v) is 7.37. The largest absolute Gasteiger partial charge is 0.416 e. The maximum Gasteiger partial charge on any atom is 0.416 e. The van der Waals surface area contributed by atoms with Crippen LogP contribution in [0.2, 0.25) is 5.02 Å². The molecular formula is C29H28ClF3N4O. The average molecular weight is 541 g/mol. The first kappa shape index (κ1) is 26.3. The van der Waals surface area contributed by atoms with Gasteiger partial charge in [-0.25, -0.2) is 4.98 Å². The topological polar surface area (TPSA) is 49.6 Å². The number of imidazole rings is 1. The van der Waals surface area contributed by atoms with E-state index in [1.807, 2.05) is 19.9 Å². The van der Waals surface area contributed by atoms with Gasteiger partial charge in [-0.15, -0.1) is 0 Å². The summed E-state index contributed by atoms with van der Waals surface area (Å²) in [6.45, 7) is 5.80. The van der Waals surface area contributed by atoms with Crippen LogP contribution in [0.5, 0.6) is 0 Å². The molecule has 3 heterocycles. The van der Waals surface area contributed by atoms with Gasteiger partial charge in [-0.1, -0.05) is 55.8 Å². The lowest BCUT2D eigenvalue weighted by molar-refractivity contribution is -0.137. The Morgan fingerprint density at radius 3 is 2.47 bits per heavy atom. The van der Waals surface area contributed by atoms with Crippen LogP contribution in [-0.2, 0) is 32.2 Å². The molecule has 0 spiro atoms. The number of hydrogen-bond acceptors (Lipinski definition) is 3. The number of nitrogens with zero attached hydrogens (tertiary/aromatic N) is 3. The molecule has 1 aliphatic heterocycles. The third-order valence-electron chi connectivity index (χ3n) is 7.13. The minimum absolute atomic E-state index is 0.0175. The van der Waals surface area contributed by atoms with E-state index >= 15 is 0 Å². The van der Waals surface area contributed by atoms with Gasteiger partial charge < -0.3 is 5.32 Å². The molecule has 4 aromatic rings. The minimum atomic E-state index is -4.34. The van der Waals surface area contributed by atoms with E-state index in [4.69, 9.17) is 11.6 Å². The van der Waals surface area contributed by atoms with Crippen LogP contribution >= 0.6 is 11.6 Å². The van der Waals surface area contributed by atoms with E-state index in [-0.39, 0.29) is 11.9 Å². The van der Waals surface area contributed by atoms with Gasteiger partial charge in [0.1, 0.15) is 11.3 Å². The summed E-state index contributed by atoms with van der Waals surface area (Å²) >= 11 is 6.09. The standard InChI is InChI=1S/C29H28ClF3N4O/c1-3-24-27(37-12-11-23(30)14-26(37)35-24)28(38)34-15-18-5-6-20-16-36(17-21(20)13-18)25(4-2)19-7-9-22(10-8-19)29(31,32)33/h5-14,25H,3-4,15-17H2,1-2H3,(H,34,38). The lowest BCUT2D eigenvalue weighted by atomic mass is 10.0. The summed E-state index contributed by atoms with van der Waals surface area (Å²) in [7, 11) is 0. The van der Waals surface area contributed by atoms with Crippen LogP contribution in [0.25, 0.3) is 5.65 Å². The number of carbonyl (C=O) groups excluding carboxylic acids is 1. The Bertz CT molecular complexity index is 1480. The van der Waals surface area contributed by atoms with Crippen molar-refractivity contribution in [2.24, 2.45) is 0 Å². The molecule has 0 saturated carbocycles. The number of hydrogen-bond donors (Lipinski definition) is 1. The monoisotopic (exact) mass is 540 g/mol. The van der Waals surface area contributed by atoms with Crippen molar-refractivity contribution < 1.29 is 18.0 Å². The molecule has 2 aromatic carbocycles. The highest BCUT2D eigenvalue weighted by Crippen LogP contribution is 2.35. The Labute approximate surface area is 224 Å². The van der Waals surface area contributed by atoms with Gasteiger partial charge >= 0.3 is 6.18 Å². The quantitative estimate of drug-likeness (QED) is 0.275. The maximum absolute atomic E-state index is 13.1. The summed E-state index contributed by atoms with van der Waals surface area (Å²) in [5.41, 5.74) is 5.44. The first-order chi connectivity index (χ1) is 18.2. The number of carbonyl (C=O) groups is 1. The third kappa shape index (κ3) is 5.15. The van der Waals surface area contributed by atoms with Crippen molar-refractivity contribution in [3.05, 3.63) is 105 Å². The molecule has 198 valence electrons. The number of fused-ring (bicyclic) bond motifs is 2. The number of halogens is 4. The number of benzene rings is 2. The second kappa shape index (κ2) is 10.4. The molecule has 1 amide bonds. The number of nitrogens with one attached hydrogen (secondary N) is 1. The fourth-order valence-electron chi connectivity index (χ4n) is 5.23. The van der Waals surface area contributed by atoms with Gasteiger partial charge in [0, 0.05) is 43.0 Å². The zero-order valence-corrected chi connectivity index (χ0v) is 21.9. The summed E-state index contributed by atoms with van der Waals surface area (Å²) in [4.78, 5) is 20.0. The van der Waals surface area contributed by atoms with Gasteiger partial charge in [-0.2, -0.15) is 13.2 Å². The maximum atomic E-state index is 13.1. The van der Waals surface area contributed by atoms with Crippen molar-refractivity contribution >= 4 is 23.2 Å². The molecule has 5 nitrogen and oxygen atoms in total. The Balaban J connectivity index is 1.28. The average Bonchev–Trinajstić information content (AvgIpc) is 3.48. The number of aryl methyl sites for hydroxylation is 1. The molecule has 1 atom stereocenters. The first-order valence-electron chi connectivity index (χ1n) is 12.6. The van der Waals surface area contributed by atoms with Crippen molar-refractivity contribution in [2.45, 2.75) is 58.5 Å². The number of aromatic nitrogens is 2. The molecule has 0 saturated heterocycles. The summed E-state index contributed by atoms with van der Waals surface area (Å²) in [6.07, 6.45) is -1.18. The lowest BCUT2D eigenvalue weighted by Crippen LogP contribution is -2.25. The van der Waals surface area contributed by atoms with Gasteiger partial charge in [-0.3, -0.25) is 14.1 Å². The normalized spacial score (nSPS) is 14.6. The number of amides is 1. The van der Waals surface area contributed by atoms with E-state index in [0.717, 1.165) is 36.2 Å². The van der Waals surface area contributed by atoms with E-state index in [9.17, 15) is 18.0 Å². The van der Waals surface area contributed by atoms with E-state index in [1.54, 1.807) is 34.9 Å². The molecule has 2 aromatic heterocycles. The second-order valence-electron chi connectivity index (χ2n) is 9.57. The van der Waals surface area contributed by atoms with E-state index in [0.29, 0.717) is 41.6 Å². The van der Waals surface area contributed by atoms with Gasteiger partial charge in [0.15, 0.2) is 0 Å². The van der Waals surface area contributed by atoms with Crippen molar-refractivity contribution in [1.82, 2.24) is 19.6 Å². The van der Waals surface area contributed by atoms with Crippen LogP contribution in [0.15, 0.2) is 60.8 Å². The first-order valence-corrected chi connectivity index (χ1v) is 13.0. The summed E-state index contributed by atoms with van der Waals surface area (Å²) in [5.74, 6) is -0.202. The highest BCUT2D eigenvalue weighted by Gasteiger charge is 2.31. The summed E-state index contributed by atoms with van der Waals surface area (Å²) in [6, 6.07) is 15.1. The van der Waals surface area contributed by atoms with Crippen molar-refractivity contribution in [3.63, 3.8) is 0 Å². The van der Waals surface area contributed by atoms with Gasteiger partial charge in [0.25, 0.3) is 5.91 Å². The molecule has 0 radical (unpaired) electrons. The molecule has 0 aliphatic carbocycles. The molecule has 9 heteroatoms. The summed E-state index contributed by atoms with van der Waals surface area (Å²) in [5, 5.41) is 3.59. The zero-order valence-electron chi connectivity index (χ0n) is 21.1. The van der Waals surface area contributed by atoms with Gasteiger partial charge in [0.05, 0.1) is 11.3 Å². The van der Waals surface area contributed by atoms with Gasteiger partial charge in [0.2, 0.25) is 0 Å². The predicted molar refractivity (Wildman–Crippen MR) is 141 cm³/mol.